The standard InChI is InChI=1S/C10H8BrF2NO/c11-5-3-7(12)9(8(13)4-5)10(15)14-6-1-2-6/h3-4,6H,1-2H2,(H,14,15)/i1D2,2D2,6D. The van der Waals surface area contributed by atoms with Gasteiger partial charge in [0.25, 0.3) is 5.91 Å². The zero-order valence-electron chi connectivity index (χ0n) is 12.2. The van der Waals surface area contributed by atoms with Gasteiger partial charge in [-0.3, -0.25) is 4.79 Å². The normalized spacial score (nSPS) is 28.9. The molecule has 1 amide bonds. The highest BCUT2D eigenvalue weighted by molar-refractivity contribution is 9.10. The van der Waals surface area contributed by atoms with Gasteiger partial charge in [0.15, 0.2) is 0 Å². The van der Waals surface area contributed by atoms with E-state index in [0.717, 1.165) is 12.1 Å². The second-order valence-corrected chi connectivity index (χ2v) is 3.74. The van der Waals surface area contributed by atoms with Crippen LogP contribution in [-0.2, 0) is 0 Å². The molecule has 1 fully saturated rings. The summed E-state index contributed by atoms with van der Waals surface area (Å²) in [5.74, 6) is -3.77. The maximum absolute atomic E-state index is 13.6. The molecule has 15 heavy (non-hydrogen) atoms. The van der Waals surface area contributed by atoms with Crippen LogP contribution in [0.3, 0.4) is 0 Å². The molecule has 1 N–H and O–H groups in total. The van der Waals surface area contributed by atoms with Crippen LogP contribution in [0.5, 0.6) is 0 Å². The van der Waals surface area contributed by atoms with Gasteiger partial charge >= 0.3 is 0 Å². The van der Waals surface area contributed by atoms with Crippen LogP contribution in [0.2, 0.25) is 0 Å². The minimum atomic E-state index is -2.64. The summed E-state index contributed by atoms with van der Waals surface area (Å²) < 4.78 is 64.0. The fraction of sp³-hybridized carbons (Fsp3) is 0.300. The first-order chi connectivity index (χ1) is 8.95. The number of hydrogen-bond acceptors (Lipinski definition) is 1. The summed E-state index contributed by atoms with van der Waals surface area (Å²) in [6, 6.07) is -0.904. The second kappa shape index (κ2) is 3.89. The highest BCUT2D eigenvalue weighted by atomic mass is 79.9. The van der Waals surface area contributed by atoms with E-state index in [0.29, 0.717) is 0 Å². The highest BCUT2D eigenvalue weighted by Gasteiger charge is 2.26. The lowest BCUT2D eigenvalue weighted by atomic mass is 10.2. The van der Waals surface area contributed by atoms with Gasteiger partial charge in [0.2, 0.25) is 0 Å². The smallest absolute Gasteiger partial charge is 0.257 e. The van der Waals surface area contributed by atoms with Crippen molar-refractivity contribution in [2.45, 2.75) is 18.8 Å². The molecule has 0 unspecified atom stereocenters. The van der Waals surface area contributed by atoms with E-state index in [1.54, 1.807) is 5.32 Å². The molecule has 1 aromatic carbocycles. The Balaban J connectivity index is 2.32. The van der Waals surface area contributed by atoms with Gasteiger partial charge in [0, 0.05) is 16.0 Å². The van der Waals surface area contributed by atoms with E-state index in [-0.39, 0.29) is 4.47 Å². The largest absolute Gasteiger partial charge is 0.349 e. The maximum atomic E-state index is 13.6. The fourth-order valence-electron chi connectivity index (χ4n) is 1.03. The summed E-state index contributed by atoms with van der Waals surface area (Å²) in [5.41, 5.74) is -0.988. The van der Waals surface area contributed by atoms with Crippen molar-refractivity contribution in [3.05, 3.63) is 33.8 Å². The van der Waals surface area contributed by atoms with Gasteiger partial charge in [0.1, 0.15) is 17.2 Å². The van der Waals surface area contributed by atoms with Crippen LogP contribution < -0.4 is 5.32 Å². The summed E-state index contributed by atoms with van der Waals surface area (Å²) >= 11 is 2.84. The van der Waals surface area contributed by atoms with Crippen LogP contribution in [0.1, 0.15) is 30.0 Å². The van der Waals surface area contributed by atoms with Gasteiger partial charge < -0.3 is 5.32 Å². The Morgan fingerprint density at radius 1 is 1.53 bits per heavy atom. The molecule has 0 saturated heterocycles. The third kappa shape index (κ3) is 2.34. The molecule has 0 spiro atoms. The third-order valence-electron chi connectivity index (χ3n) is 1.72. The Morgan fingerprint density at radius 3 is 2.53 bits per heavy atom. The zero-order chi connectivity index (χ0) is 15.5. The maximum Gasteiger partial charge on any atom is 0.257 e. The van der Waals surface area contributed by atoms with Crippen LogP contribution in [-0.4, -0.2) is 11.9 Å². The molecule has 0 bridgehead atoms. The Hall–Kier alpha value is -0.970. The second-order valence-electron chi connectivity index (χ2n) is 2.82. The molecule has 1 aliphatic rings. The predicted molar refractivity (Wildman–Crippen MR) is 54.5 cm³/mol. The number of nitrogens with one attached hydrogen (secondary N) is 1. The van der Waals surface area contributed by atoms with Crippen molar-refractivity contribution in [2.75, 3.05) is 0 Å². The molecule has 0 aromatic heterocycles. The molecule has 1 aromatic rings. The zero-order valence-corrected chi connectivity index (χ0v) is 8.78. The van der Waals surface area contributed by atoms with Gasteiger partial charge in [-0.15, -0.1) is 0 Å². The van der Waals surface area contributed by atoms with E-state index >= 15 is 0 Å². The Bertz CT molecular complexity index is 572. The number of carbonyl (C=O) groups excluding carboxylic acids is 1. The highest BCUT2D eigenvalue weighted by Crippen LogP contribution is 2.22. The molecular formula is C10H8BrF2NO. The molecule has 0 heterocycles. The SMILES string of the molecule is [2H]C1([2H])C([2H])([2H])C1([2H])NC(=O)c1c(F)cc(Br)cc1F. The minimum Gasteiger partial charge on any atom is -0.349 e. The fourth-order valence-corrected chi connectivity index (χ4v) is 1.43. The van der Waals surface area contributed by atoms with E-state index in [2.05, 4.69) is 15.9 Å². The van der Waals surface area contributed by atoms with Crippen molar-refractivity contribution in [2.24, 2.45) is 0 Å². The Labute approximate surface area is 101 Å². The number of rotatable bonds is 2. The molecular weight excluding hydrogens is 268 g/mol. The van der Waals surface area contributed by atoms with E-state index < -0.39 is 41.9 Å². The lowest BCUT2D eigenvalue weighted by Gasteiger charge is -2.06. The van der Waals surface area contributed by atoms with Crippen molar-refractivity contribution in [1.82, 2.24) is 5.32 Å². The number of hydrogen-bond donors (Lipinski definition) is 1. The van der Waals surface area contributed by atoms with Crippen LogP contribution in [0.4, 0.5) is 8.78 Å². The van der Waals surface area contributed by atoms with Crippen molar-refractivity contribution < 1.29 is 20.4 Å². The monoisotopic (exact) mass is 280 g/mol. The van der Waals surface area contributed by atoms with Gasteiger partial charge in [-0.05, 0) is 24.9 Å². The summed E-state index contributed by atoms with van der Waals surface area (Å²) in [6.45, 7) is 0. The lowest BCUT2D eigenvalue weighted by Crippen LogP contribution is -2.27. The number of carbonyl (C=O) groups is 1. The van der Waals surface area contributed by atoms with E-state index in [1.165, 1.54) is 0 Å². The first-order valence-corrected chi connectivity index (χ1v) is 4.72. The molecule has 0 aliphatic heterocycles. The van der Waals surface area contributed by atoms with E-state index in [4.69, 9.17) is 6.85 Å². The van der Waals surface area contributed by atoms with Crippen molar-refractivity contribution in [3.8, 4) is 0 Å². The third-order valence-corrected chi connectivity index (χ3v) is 2.18. The van der Waals surface area contributed by atoms with Gasteiger partial charge in [-0.1, -0.05) is 15.9 Å². The van der Waals surface area contributed by atoms with Gasteiger partial charge in [0.05, 0.1) is 1.37 Å². The van der Waals surface area contributed by atoms with Crippen molar-refractivity contribution in [1.29, 1.82) is 0 Å². The van der Waals surface area contributed by atoms with Crippen molar-refractivity contribution >= 4 is 21.8 Å². The number of halogens is 3. The number of benzene rings is 1. The summed E-state index contributed by atoms with van der Waals surface area (Å²) in [4.78, 5) is 11.8. The Morgan fingerprint density at radius 2 is 2.07 bits per heavy atom. The predicted octanol–water partition coefficient (Wildman–Crippen LogP) is 2.62. The van der Waals surface area contributed by atoms with Crippen LogP contribution in [0, 0.1) is 11.6 Å². The van der Waals surface area contributed by atoms with Gasteiger partial charge in [-0.2, -0.15) is 0 Å². The molecule has 2 rings (SSSR count). The topological polar surface area (TPSA) is 29.1 Å². The average Bonchev–Trinajstić information content (AvgIpc) is 2.54. The first kappa shape index (κ1) is 5.94. The molecule has 1 aliphatic carbocycles. The first-order valence-electron chi connectivity index (χ1n) is 6.43. The Kier molecular flexibility index (Phi) is 1.54. The number of amides is 1. The molecule has 80 valence electrons. The lowest BCUT2D eigenvalue weighted by molar-refractivity contribution is 0.0942. The van der Waals surface area contributed by atoms with Crippen LogP contribution >= 0.6 is 15.9 Å². The van der Waals surface area contributed by atoms with Crippen molar-refractivity contribution in [3.63, 3.8) is 0 Å². The van der Waals surface area contributed by atoms with Crippen LogP contribution in [0.15, 0.2) is 16.6 Å². The summed E-state index contributed by atoms with van der Waals surface area (Å²) in [5, 5.41) is 1.71. The summed E-state index contributed by atoms with van der Waals surface area (Å²) in [7, 11) is 0. The quantitative estimate of drug-likeness (QED) is 0.887. The molecule has 5 heteroatoms. The van der Waals surface area contributed by atoms with E-state index in [9.17, 15) is 13.6 Å². The summed E-state index contributed by atoms with van der Waals surface area (Å²) in [6.07, 6.45) is -5.28. The molecule has 0 atom stereocenters. The molecule has 0 radical (unpaired) electrons. The van der Waals surface area contributed by atoms with Gasteiger partial charge in [-0.25, -0.2) is 8.78 Å². The molecule has 2 nitrogen and oxygen atoms in total. The minimum absolute atomic E-state index is 0.0710. The van der Waals surface area contributed by atoms with E-state index in [1.807, 2.05) is 0 Å². The average molecular weight is 281 g/mol. The molecule has 1 saturated carbocycles. The van der Waals surface area contributed by atoms with Crippen LogP contribution in [0.25, 0.3) is 0 Å².